The summed E-state index contributed by atoms with van der Waals surface area (Å²) in [5.74, 6) is -0.129. The zero-order valence-corrected chi connectivity index (χ0v) is 15.5. The lowest BCUT2D eigenvalue weighted by Gasteiger charge is -2.43. The Labute approximate surface area is 158 Å². The highest BCUT2D eigenvalue weighted by atomic mass is 16.8. The molecule has 1 N–H and O–H groups in total. The maximum absolute atomic E-state index is 10.5. The van der Waals surface area contributed by atoms with Crippen LogP contribution in [-0.2, 0) is 35.0 Å². The van der Waals surface area contributed by atoms with Gasteiger partial charge in [-0.25, -0.2) is 0 Å². The molecular formula is C20H26O7. The summed E-state index contributed by atoms with van der Waals surface area (Å²) in [6.45, 7) is 4.76. The Morgan fingerprint density at radius 3 is 2.67 bits per heavy atom. The molecule has 0 radical (unpaired) electrons. The fourth-order valence-electron chi connectivity index (χ4n) is 4.28. The molecule has 4 heterocycles. The van der Waals surface area contributed by atoms with Crippen LogP contribution in [0.15, 0.2) is 30.3 Å². The van der Waals surface area contributed by atoms with Crippen LogP contribution in [0.2, 0.25) is 0 Å². The van der Waals surface area contributed by atoms with Crippen molar-refractivity contribution >= 4 is 0 Å². The molecule has 1 aromatic rings. The molecule has 4 aliphatic heterocycles. The Bertz CT molecular complexity index is 655. The van der Waals surface area contributed by atoms with E-state index >= 15 is 0 Å². The van der Waals surface area contributed by atoms with Crippen molar-refractivity contribution in [1.82, 2.24) is 0 Å². The minimum atomic E-state index is -0.614. The molecule has 0 saturated carbocycles. The lowest BCUT2D eigenvalue weighted by Crippen LogP contribution is -2.56. The van der Waals surface area contributed by atoms with Crippen LogP contribution in [0.5, 0.6) is 0 Å². The second kappa shape index (κ2) is 7.08. The summed E-state index contributed by atoms with van der Waals surface area (Å²) in [5, 5.41) is 10.5. The second-order valence-electron chi connectivity index (χ2n) is 7.86. The Morgan fingerprint density at radius 1 is 1.04 bits per heavy atom. The van der Waals surface area contributed by atoms with Gasteiger partial charge in [-0.1, -0.05) is 37.3 Å². The molecule has 27 heavy (non-hydrogen) atoms. The van der Waals surface area contributed by atoms with E-state index in [-0.39, 0.29) is 42.7 Å². The molecule has 2 bridgehead atoms. The first kappa shape index (κ1) is 18.0. The lowest BCUT2D eigenvalue weighted by molar-refractivity contribution is -0.312. The predicted molar refractivity (Wildman–Crippen MR) is 92.7 cm³/mol. The summed E-state index contributed by atoms with van der Waals surface area (Å²) in [5.41, 5.74) is 1.06. The van der Waals surface area contributed by atoms with Crippen LogP contribution in [-0.4, -0.2) is 67.0 Å². The highest BCUT2D eigenvalue weighted by molar-refractivity contribution is 5.13. The number of hydrogen-bond acceptors (Lipinski definition) is 7. The number of aliphatic hydroxyl groups excluding tert-OH is 1. The van der Waals surface area contributed by atoms with Gasteiger partial charge in [-0.15, -0.1) is 0 Å². The van der Waals surface area contributed by atoms with Crippen molar-refractivity contribution in [1.29, 1.82) is 0 Å². The summed E-state index contributed by atoms with van der Waals surface area (Å²) >= 11 is 0. The third-order valence-electron chi connectivity index (χ3n) is 5.99. The summed E-state index contributed by atoms with van der Waals surface area (Å²) in [7, 11) is 0. The van der Waals surface area contributed by atoms with Crippen molar-refractivity contribution in [3.05, 3.63) is 35.9 Å². The third-order valence-corrected chi connectivity index (χ3v) is 5.99. The SMILES string of the molecule is CC1O[C@@H](O[C@@H]2C3CO[C@H](O3)C3O[C@H]32)C(OCc2ccccc2)[C@@H](C)[C@@H]1O. The molecule has 0 aliphatic carbocycles. The van der Waals surface area contributed by atoms with Crippen LogP contribution in [0.3, 0.4) is 0 Å². The van der Waals surface area contributed by atoms with E-state index in [2.05, 4.69) is 0 Å². The maximum Gasteiger partial charge on any atom is 0.187 e. The summed E-state index contributed by atoms with van der Waals surface area (Å²) in [4.78, 5) is 0. The third kappa shape index (κ3) is 3.31. The summed E-state index contributed by atoms with van der Waals surface area (Å²) in [6.07, 6.45) is -2.70. The van der Waals surface area contributed by atoms with Gasteiger partial charge in [0, 0.05) is 5.92 Å². The molecule has 5 rings (SSSR count). The fourth-order valence-corrected chi connectivity index (χ4v) is 4.28. The average molecular weight is 378 g/mol. The highest BCUT2D eigenvalue weighted by Crippen LogP contribution is 2.44. The van der Waals surface area contributed by atoms with Gasteiger partial charge >= 0.3 is 0 Å². The topological polar surface area (TPSA) is 78.9 Å². The standard InChI is InChI=1S/C20H26O7/c1-10-14(21)11(2)24-20(15(10)22-8-12-6-4-3-5-7-12)27-16-13-9-23-19(25-13)18-17(16)26-18/h3-7,10-11,13-21H,8-9H2,1-2H3/t10-,11?,13?,14-,15?,16+,17-,18?,19+,20-/m0/s1. The van der Waals surface area contributed by atoms with Crippen molar-refractivity contribution in [3.8, 4) is 0 Å². The first-order chi connectivity index (χ1) is 13.1. The van der Waals surface area contributed by atoms with Gasteiger partial charge < -0.3 is 33.5 Å². The number of rotatable bonds is 5. The van der Waals surface area contributed by atoms with E-state index in [4.69, 9.17) is 28.4 Å². The van der Waals surface area contributed by atoms with E-state index in [1.807, 2.05) is 44.2 Å². The van der Waals surface area contributed by atoms with Gasteiger partial charge in [0.2, 0.25) is 0 Å². The quantitative estimate of drug-likeness (QED) is 0.772. The second-order valence-corrected chi connectivity index (χ2v) is 7.86. The van der Waals surface area contributed by atoms with E-state index in [0.29, 0.717) is 13.2 Å². The normalized spacial score (nSPS) is 48.3. The Morgan fingerprint density at radius 2 is 1.85 bits per heavy atom. The van der Waals surface area contributed by atoms with E-state index in [9.17, 15) is 5.11 Å². The van der Waals surface area contributed by atoms with Crippen LogP contribution in [0.25, 0.3) is 0 Å². The first-order valence-corrected chi connectivity index (χ1v) is 9.69. The van der Waals surface area contributed by atoms with Gasteiger partial charge in [0.1, 0.15) is 30.5 Å². The molecule has 10 atom stereocenters. The summed E-state index contributed by atoms with van der Waals surface area (Å²) in [6, 6.07) is 9.95. The molecule has 4 aliphatic rings. The zero-order valence-electron chi connectivity index (χ0n) is 15.5. The largest absolute Gasteiger partial charge is 0.390 e. The van der Waals surface area contributed by atoms with Crippen molar-refractivity contribution < 1.29 is 33.5 Å². The average Bonchev–Trinajstić information content (AvgIpc) is 3.37. The number of fused-ring (bicyclic) bond motifs is 4. The van der Waals surface area contributed by atoms with Crippen LogP contribution < -0.4 is 0 Å². The molecule has 7 heteroatoms. The Hall–Kier alpha value is -1.06. The number of epoxide rings is 1. The fraction of sp³-hybridized carbons (Fsp3) is 0.700. The van der Waals surface area contributed by atoms with E-state index in [1.54, 1.807) is 0 Å². The van der Waals surface area contributed by atoms with Gasteiger partial charge in [0.25, 0.3) is 0 Å². The van der Waals surface area contributed by atoms with E-state index in [0.717, 1.165) is 5.56 Å². The van der Waals surface area contributed by atoms with Crippen LogP contribution in [0, 0.1) is 5.92 Å². The van der Waals surface area contributed by atoms with Crippen LogP contribution in [0.1, 0.15) is 19.4 Å². The predicted octanol–water partition coefficient (Wildman–Crippen LogP) is 1.22. The van der Waals surface area contributed by atoms with Crippen molar-refractivity contribution in [2.45, 2.75) is 75.8 Å². The lowest BCUT2D eigenvalue weighted by atomic mass is 9.91. The monoisotopic (exact) mass is 378 g/mol. The smallest absolute Gasteiger partial charge is 0.187 e. The maximum atomic E-state index is 10.5. The van der Waals surface area contributed by atoms with Crippen LogP contribution >= 0.6 is 0 Å². The van der Waals surface area contributed by atoms with Gasteiger partial charge in [0.15, 0.2) is 12.6 Å². The van der Waals surface area contributed by atoms with Crippen molar-refractivity contribution in [2.24, 2.45) is 5.92 Å². The van der Waals surface area contributed by atoms with Gasteiger partial charge in [-0.2, -0.15) is 0 Å². The highest BCUT2D eigenvalue weighted by Gasteiger charge is 2.63. The molecule has 7 nitrogen and oxygen atoms in total. The number of hydrogen-bond donors (Lipinski definition) is 1. The molecule has 0 spiro atoms. The molecule has 0 aromatic heterocycles. The van der Waals surface area contributed by atoms with Gasteiger partial charge in [-0.3, -0.25) is 0 Å². The zero-order chi connectivity index (χ0) is 18.5. The van der Waals surface area contributed by atoms with Gasteiger partial charge in [-0.05, 0) is 12.5 Å². The molecule has 148 valence electrons. The minimum absolute atomic E-state index is 0.0212. The molecule has 4 saturated heterocycles. The molecule has 0 amide bonds. The molecule has 4 unspecified atom stereocenters. The molecule has 4 fully saturated rings. The van der Waals surface area contributed by atoms with Crippen LogP contribution in [0.4, 0.5) is 0 Å². The number of aliphatic hydroxyl groups is 1. The Balaban J connectivity index is 1.30. The Kier molecular flexibility index (Phi) is 4.72. The molecule has 1 aromatic carbocycles. The minimum Gasteiger partial charge on any atom is -0.390 e. The number of benzene rings is 1. The van der Waals surface area contributed by atoms with Gasteiger partial charge in [0.05, 0.1) is 25.4 Å². The van der Waals surface area contributed by atoms with E-state index in [1.165, 1.54) is 0 Å². The number of ether oxygens (including phenoxy) is 6. The van der Waals surface area contributed by atoms with Crippen molar-refractivity contribution in [2.75, 3.05) is 6.61 Å². The summed E-state index contributed by atoms with van der Waals surface area (Å²) < 4.78 is 35.6. The first-order valence-electron chi connectivity index (χ1n) is 9.69. The van der Waals surface area contributed by atoms with Crippen molar-refractivity contribution in [3.63, 3.8) is 0 Å². The van der Waals surface area contributed by atoms with E-state index < -0.39 is 18.5 Å². The molecular weight excluding hydrogens is 352 g/mol.